The maximum atomic E-state index is 12.3. The third-order valence-corrected chi connectivity index (χ3v) is 4.85. The van der Waals surface area contributed by atoms with Gasteiger partial charge in [0.25, 0.3) is 5.89 Å². The summed E-state index contributed by atoms with van der Waals surface area (Å²) in [7, 11) is 1.73. The van der Waals surface area contributed by atoms with Crippen LogP contribution in [0.25, 0.3) is 0 Å². The van der Waals surface area contributed by atoms with E-state index in [1.165, 1.54) is 0 Å². The minimum atomic E-state index is -0.221. The van der Waals surface area contributed by atoms with Crippen LogP contribution in [0.15, 0.2) is 9.05 Å². The van der Waals surface area contributed by atoms with Crippen LogP contribution in [0.2, 0.25) is 0 Å². The number of aromatic nitrogens is 3. The third-order valence-electron chi connectivity index (χ3n) is 4.85. The quantitative estimate of drug-likeness (QED) is 0.869. The molecule has 0 bridgehead atoms. The van der Waals surface area contributed by atoms with E-state index in [1.54, 1.807) is 11.9 Å². The molecule has 1 N–H and O–H groups in total. The highest BCUT2D eigenvalue weighted by Gasteiger charge is 2.24. The molecule has 1 atom stereocenters. The molecule has 0 spiro atoms. The van der Waals surface area contributed by atoms with Crippen LogP contribution in [0.3, 0.4) is 0 Å². The Morgan fingerprint density at radius 2 is 2.12 bits per heavy atom. The van der Waals surface area contributed by atoms with Crippen LogP contribution >= 0.6 is 0 Å². The maximum absolute atomic E-state index is 12.3. The molecule has 2 aromatic rings. The summed E-state index contributed by atoms with van der Waals surface area (Å²) in [5.41, 5.74) is 2.01. The van der Waals surface area contributed by atoms with E-state index in [4.69, 9.17) is 13.8 Å². The van der Waals surface area contributed by atoms with Crippen molar-refractivity contribution < 1.29 is 18.6 Å². The summed E-state index contributed by atoms with van der Waals surface area (Å²) in [5, 5.41) is 10.8. The van der Waals surface area contributed by atoms with Gasteiger partial charge in [0, 0.05) is 25.6 Å². The molecule has 2 amide bonds. The second-order valence-corrected chi connectivity index (χ2v) is 6.80. The molecule has 9 nitrogen and oxygen atoms in total. The number of urea groups is 1. The zero-order valence-corrected chi connectivity index (χ0v) is 14.9. The summed E-state index contributed by atoms with van der Waals surface area (Å²) >= 11 is 0. The molecule has 1 saturated heterocycles. The molecule has 140 valence electrons. The summed E-state index contributed by atoms with van der Waals surface area (Å²) < 4.78 is 16.1. The highest BCUT2D eigenvalue weighted by molar-refractivity contribution is 5.73. The Balaban J connectivity index is 1.30. The standard InChI is InChI=1S/C17H23N5O4/c1-22(10-12-11-5-2-3-6-13(11)25-20-12)17(23)18-9-15-19-16(26-21-15)14-7-4-8-24-14/h14H,2-10H2,1H3,(H,18,23)/t14-/m0/s1. The fourth-order valence-electron chi connectivity index (χ4n) is 3.40. The van der Waals surface area contributed by atoms with Crippen molar-refractivity contribution >= 4 is 6.03 Å². The largest absolute Gasteiger partial charge is 0.368 e. The summed E-state index contributed by atoms with van der Waals surface area (Å²) in [4.78, 5) is 18.2. The minimum Gasteiger partial charge on any atom is -0.368 e. The highest BCUT2D eigenvalue weighted by Crippen LogP contribution is 2.27. The average Bonchev–Trinajstić information content (AvgIpc) is 3.40. The number of hydrogen-bond donors (Lipinski definition) is 1. The van der Waals surface area contributed by atoms with E-state index in [0.29, 0.717) is 18.3 Å². The van der Waals surface area contributed by atoms with E-state index in [0.717, 1.165) is 62.1 Å². The van der Waals surface area contributed by atoms with Crippen LogP contribution in [0.5, 0.6) is 0 Å². The van der Waals surface area contributed by atoms with Crippen LogP contribution in [0.1, 0.15) is 60.5 Å². The first-order chi connectivity index (χ1) is 12.7. The van der Waals surface area contributed by atoms with Crippen LogP contribution < -0.4 is 5.32 Å². The van der Waals surface area contributed by atoms with Gasteiger partial charge in [0.15, 0.2) is 5.82 Å². The number of nitrogens with zero attached hydrogens (tertiary/aromatic N) is 4. The lowest BCUT2D eigenvalue weighted by molar-refractivity contribution is 0.0835. The van der Waals surface area contributed by atoms with Gasteiger partial charge in [-0.2, -0.15) is 4.98 Å². The Labute approximate surface area is 151 Å². The van der Waals surface area contributed by atoms with Gasteiger partial charge in [-0.3, -0.25) is 0 Å². The first-order valence-corrected chi connectivity index (χ1v) is 9.10. The number of nitrogens with one attached hydrogen (secondary N) is 1. The van der Waals surface area contributed by atoms with Gasteiger partial charge >= 0.3 is 6.03 Å². The SMILES string of the molecule is CN(Cc1noc2c1CCCC2)C(=O)NCc1noc([C@@H]2CCCO2)n1. The normalized spacial score (nSPS) is 19.3. The first-order valence-electron chi connectivity index (χ1n) is 9.10. The van der Waals surface area contributed by atoms with E-state index in [9.17, 15) is 4.79 Å². The van der Waals surface area contributed by atoms with E-state index in [-0.39, 0.29) is 18.7 Å². The van der Waals surface area contributed by atoms with Gasteiger partial charge in [0.05, 0.1) is 13.1 Å². The second kappa shape index (κ2) is 7.45. The minimum absolute atomic E-state index is 0.118. The van der Waals surface area contributed by atoms with Crippen LogP contribution in [-0.2, 0) is 30.7 Å². The molecule has 0 aromatic carbocycles. The van der Waals surface area contributed by atoms with Crippen molar-refractivity contribution in [1.29, 1.82) is 0 Å². The van der Waals surface area contributed by atoms with E-state index in [2.05, 4.69) is 20.6 Å². The number of carbonyl (C=O) groups is 1. The highest BCUT2D eigenvalue weighted by atomic mass is 16.5. The number of fused-ring (bicyclic) bond motifs is 1. The topological polar surface area (TPSA) is 107 Å². The lowest BCUT2D eigenvalue weighted by atomic mass is 9.96. The van der Waals surface area contributed by atoms with Crippen LogP contribution in [-0.4, -0.2) is 39.9 Å². The molecule has 0 saturated carbocycles. The van der Waals surface area contributed by atoms with Gasteiger partial charge in [-0.15, -0.1) is 0 Å². The summed E-state index contributed by atoms with van der Waals surface area (Å²) in [6.45, 7) is 1.34. The fourth-order valence-corrected chi connectivity index (χ4v) is 3.40. The maximum Gasteiger partial charge on any atom is 0.317 e. The van der Waals surface area contributed by atoms with Crippen molar-refractivity contribution in [2.24, 2.45) is 0 Å². The smallest absolute Gasteiger partial charge is 0.317 e. The molecule has 2 aromatic heterocycles. The number of rotatable bonds is 5. The molecular weight excluding hydrogens is 338 g/mol. The number of amides is 2. The van der Waals surface area contributed by atoms with Crippen molar-refractivity contribution in [3.63, 3.8) is 0 Å². The fraction of sp³-hybridized carbons (Fsp3) is 0.647. The monoisotopic (exact) mass is 361 g/mol. The van der Waals surface area contributed by atoms with Crippen molar-refractivity contribution in [1.82, 2.24) is 25.5 Å². The summed E-state index contributed by atoms with van der Waals surface area (Å²) in [5.74, 6) is 1.89. The Morgan fingerprint density at radius 1 is 1.23 bits per heavy atom. The predicted octanol–water partition coefficient (Wildman–Crippen LogP) is 2.13. The lowest BCUT2D eigenvalue weighted by Gasteiger charge is -2.17. The van der Waals surface area contributed by atoms with Gasteiger partial charge in [-0.1, -0.05) is 10.3 Å². The molecule has 1 aliphatic carbocycles. The lowest BCUT2D eigenvalue weighted by Crippen LogP contribution is -2.36. The Bertz CT molecular complexity index is 765. The third kappa shape index (κ3) is 3.57. The zero-order chi connectivity index (χ0) is 17.9. The second-order valence-electron chi connectivity index (χ2n) is 6.80. The molecule has 9 heteroatoms. The predicted molar refractivity (Wildman–Crippen MR) is 89.1 cm³/mol. The van der Waals surface area contributed by atoms with Gasteiger partial charge in [0.2, 0.25) is 0 Å². The van der Waals surface area contributed by atoms with Gasteiger partial charge in [-0.25, -0.2) is 4.79 Å². The van der Waals surface area contributed by atoms with Crippen molar-refractivity contribution in [2.75, 3.05) is 13.7 Å². The Morgan fingerprint density at radius 3 is 2.96 bits per heavy atom. The number of hydrogen-bond acceptors (Lipinski definition) is 7. The number of carbonyl (C=O) groups excluding carboxylic acids is 1. The van der Waals surface area contributed by atoms with Crippen LogP contribution in [0, 0.1) is 0 Å². The van der Waals surface area contributed by atoms with Crippen molar-refractivity contribution in [2.45, 2.75) is 57.7 Å². The number of ether oxygens (including phenoxy) is 1. The molecule has 1 fully saturated rings. The van der Waals surface area contributed by atoms with Crippen molar-refractivity contribution in [3.8, 4) is 0 Å². The van der Waals surface area contributed by atoms with E-state index < -0.39 is 0 Å². The molecule has 0 radical (unpaired) electrons. The van der Waals surface area contributed by atoms with E-state index >= 15 is 0 Å². The van der Waals surface area contributed by atoms with Gasteiger partial charge in [0.1, 0.15) is 17.6 Å². The first kappa shape index (κ1) is 17.0. The molecule has 2 aliphatic rings. The summed E-state index contributed by atoms with van der Waals surface area (Å²) in [6.07, 6.45) is 5.95. The van der Waals surface area contributed by atoms with E-state index in [1.807, 2.05) is 0 Å². The average molecular weight is 361 g/mol. The van der Waals surface area contributed by atoms with Gasteiger partial charge < -0.3 is 24.0 Å². The number of aryl methyl sites for hydroxylation is 1. The molecule has 26 heavy (non-hydrogen) atoms. The molecular formula is C17H23N5O4. The molecule has 0 unspecified atom stereocenters. The van der Waals surface area contributed by atoms with Crippen LogP contribution in [0.4, 0.5) is 4.79 Å². The van der Waals surface area contributed by atoms with Crippen molar-refractivity contribution in [3.05, 3.63) is 28.7 Å². The Hall–Kier alpha value is -2.42. The molecule has 4 rings (SSSR count). The zero-order valence-electron chi connectivity index (χ0n) is 14.9. The Kier molecular flexibility index (Phi) is 4.87. The molecule has 1 aliphatic heterocycles. The summed E-state index contributed by atoms with van der Waals surface area (Å²) in [6, 6.07) is -0.221. The van der Waals surface area contributed by atoms with Gasteiger partial charge in [-0.05, 0) is 32.1 Å². The molecule has 3 heterocycles.